The number of amides is 2. The minimum atomic E-state index is -0.453. The van der Waals surface area contributed by atoms with Gasteiger partial charge >= 0.3 is 0 Å². The molecule has 150 valence electrons. The Balaban J connectivity index is 1.79. The van der Waals surface area contributed by atoms with Gasteiger partial charge in [0.25, 0.3) is 5.91 Å². The number of nitrogens with zero attached hydrogens (tertiary/aromatic N) is 1. The number of hydrogen-bond donors (Lipinski definition) is 1. The summed E-state index contributed by atoms with van der Waals surface area (Å²) in [6.07, 6.45) is 1.60. The largest absolute Gasteiger partial charge is 0.493 e. The molecule has 0 aromatic heterocycles. The lowest BCUT2D eigenvalue weighted by molar-refractivity contribution is -0.117. The smallest absolute Gasteiger partial charge is 0.286 e. The fourth-order valence-electron chi connectivity index (χ4n) is 2.46. The van der Waals surface area contributed by atoms with Gasteiger partial charge in [0, 0.05) is 6.92 Å². The predicted molar refractivity (Wildman–Crippen MR) is 111 cm³/mol. The highest BCUT2D eigenvalue weighted by molar-refractivity contribution is 8.18. The van der Waals surface area contributed by atoms with Crippen LogP contribution in [-0.2, 0) is 16.2 Å². The van der Waals surface area contributed by atoms with Gasteiger partial charge in [-0.3, -0.25) is 9.59 Å². The van der Waals surface area contributed by atoms with Crippen LogP contribution in [0.2, 0.25) is 5.02 Å². The Morgan fingerprint density at radius 1 is 1.31 bits per heavy atom. The number of halogens is 2. The van der Waals surface area contributed by atoms with Crippen molar-refractivity contribution in [2.75, 3.05) is 7.11 Å². The summed E-state index contributed by atoms with van der Waals surface area (Å²) in [6.45, 7) is 1.52. The van der Waals surface area contributed by atoms with Gasteiger partial charge in [-0.05, 0) is 53.2 Å². The van der Waals surface area contributed by atoms with Crippen molar-refractivity contribution in [2.24, 2.45) is 4.99 Å². The zero-order valence-electron chi connectivity index (χ0n) is 15.5. The molecule has 0 spiro atoms. The number of benzene rings is 2. The van der Waals surface area contributed by atoms with Gasteiger partial charge in [-0.15, -0.1) is 0 Å². The van der Waals surface area contributed by atoms with E-state index in [1.165, 1.54) is 26.2 Å². The molecule has 0 atom stereocenters. The molecule has 9 heteroatoms. The summed E-state index contributed by atoms with van der Waals surface area (Å²) >= 11 is 7.41. The minimum Gasteiger partial charge on any atom is -0.493 e. The van der Waals surface area contributed by atoms with Gasteiger partial charge in [0.15, 0.2) is 16.7 Å². The molecule has 1 heterocycles. The summed E-state index contributed by atoms with van der Waals surface area (Å²) in [4.78, 5) is 27.3. The van der Waals surface area contributed by atoms with Gasteiger partial charge in [0.2, 0.25) is 5.91 Å². The molecular formula is C20H16ClFN2O4S. The van der Waals surface area contributed by atoms with Crippen LogP contribution < -0.4 is 14.8 Å². The van der Waals surface area contributed by atoms with Gasteiger partial charge in [0.05, 0.1) is 17.0 Å². The van der Waals surface area contributed by atoms with E-state index in [0.717, 1.165) is 17.3 Å². The molecule has 0 bridgehead atoms. The predicted octanol–water partition coefficient (Wildman–Crippen LogP) is 4.17. The molecule has 1 N–H and O–H groups in total. The monoisotopic (exact) mass is 434 g/mol. The third-order valence-electron chi connectivity index (χ3n) is 3.75. The second kappa shape index (κ2) is 9.11. The molecule has 29 heavy (non-hydrogen) atoms. The van der Waals surface area contributed by atoms with Gasteiger partial charge in [-0.2, -0.15) is 4.99 Å². The fraction of sp³-hybridized carbons (Fsp3) is 0.150. The molecule has 3 rings (SSSR count). The quantitative estimate of drug-likeness (QED) is 0.714. The SMILES string of the molecule is COc1cc(/C=C2\SC(NC(C)=O)=NC2=O)cc(Cl)c1OCc1ccc(F)cc1. The van der Waals surface area contributed by atoms with Crippen LogP contribution in [0.4, 0.5) is 4.39 Å². The Hall–Kier alpha value is -2.84. The number of methoxy groups -OCH3 is 1. The Labute approximate surface area is 175 Å². The van der Waals surface area contributed by atoms with Crippen LogP contribution in [0.5, 0.6) is 11.5 Å². The van der Waals surface area contributed by atoms with E-state index in [1.807, 2.05) is 0 Å². The molecule has 2 amide bonds. The first kappa shape index (κ1) is 20.9. The number of hydrogen-bond acceptors (Lipinski definition) is 5. The summed E-state index contributed by atoms with van der Waals surface area (Å²) in [5.41, 5.74) is 1.38. The van der Waals surface area contributed by atoms with Crippen LogP contribution in [0.15, 0.2) is 46.3 Å². The number of carbonyl (C=O) groups excluding carboxylic acids is 2. The van der Waals surface area contributed by atoms with E-state index in [9.17, 15) is 14.0 Å². The van der Waals surface area contributed by atoms with Crippen LogP contribution >= 0.6 is 23.4 Å². The molecule has 0 saturated heterocycles. The van der Waals surface area contributed by atoms with Crippen molar-refractivity contribution in [1.82, 2.24) is 5.32 Å². The summed E-state index contributed by atoms with van der Waals surface area (Å²) < 4.78 is 24.1. The van der Waals surface area contributed by atoms with E-state index < -0.39 is 5.91 Å². The maximum Gasteiger partial charge on any atom is 0.286 e. The topological polar surface area (TPSA) is 77.0 Å². The van der Waals surface area contributed by atoms with Crippen molar-refractivity contribution < 1.29 is 23.5 Å². The fourth-order valence-corrected chi connectivity index (χ4v) is 3.60. The third kappa shape index (κ3) is 5.36. The molecule has 0 radical (unpaired) electrons. The zero-order chi connectivity index (χ0) is 21.0. The number of rotatable bonds is 5. The lowest BCUT2D eigenvalue weighted by Gasteiger charge is -2.13. The van der Waals surface area contributed by atoms with Crippen molar-refractivity contribution >= 4 is 46.4 Å². The Kier molecular flexibility index (Phi) is 6.56. The summed E-state index contributed by atoms with van der Waals surface area (Å²) in [5, 5.41) is 3.00. The Bertz CT molecular complexity index is 1020. The standard InChI is InChI=1S/C20H16ClFN2O4S/c1-11(25)23-20-24-19(26)17(29-20)9-13-7-15(21)18(16(8-13)27-2)28-10-12-3-5-14(22)6-4-12/h3-9H,10H2,1-2H3,(H,23,24,25,26)/b17-9-. The lowest BCUT2D eigenvalue weighted by Crippen LogP contribution is -2.23. The second-order valence-corrected chi connectivity index (χ2v) is 7.40. The number of ether oxygens (including phenoxy) is 2. The first-order chi connectivity index (χ1) is 13.9. The summed E-state index contributed by atoms with van der Waals surface area (Å²) in [6, 6.07) is 9.22. The molecule has 0 fully saturated rings. The van der Waals surface area contributed by atoms with E-state index in [4.69, 9.17) is 21.1 Å². The van der Waals surface area contributed by atoms with Gasteiger partial charge < -0.3 is 14.8 Å². The highest BCUT2D eigenvalue weighted by atomic mass is 35.5. The van der Waals surface area contributed by atoms with Crippen molar-refractivity contribution in [1.29, 1.82) is 0 Å². The van der Waals surface area contributed by atoms with Crippen LogP contribution in [0.1, 0.15) is 18.1 Å². The van der Waals surface area contributed by atoms with E-state index >= 15 is 0 Å². The molecule has 1 aliphatic heterocycles. The van der Waals surface area contributed by atoms with Crippen molar-refractivity contribution in [3.63, 3.8) is 0 Å². The van der Waals surface area contributed by atoms with Gasteiger partial charge in [0.1, 0.15) is 12.4 Å². The second-order valence-electron chi connectivity index (χ2n) is 5.96. The molecular weight excluding hydrogens is 419 g/mol. The number of thioether (sulfide) groups is 1. The first-order valence-corrected chi connectivity index (χ1v) is 9.60. The highest BCUT2D eigenvalue weighted by Gasteiger charge is 2.23. The molecule has 2 aromatic carbocycles. The maximum atomic E-state index is 13.0. The third-order valence-corrected chi connectivity index (χ3v) is 4.93. The van der Waals surface area contributed by atoms with Crippen molar-refractivity contribution in [3.8, 4) is 11.5 Å². The number of amidine groups is 1. The van der Waals surface area contributed by atoms with Crippen LogP contribution in [0, 0.1) is 5.82 Å². The minimum absolute atomic E-state index is 0.180. The van der Waals surface area contributed by atoms with Gasteiger partial charge in [-0.25, -0.2) is 4.39 Å². The number of carbonyl (C=O) groups is 2. The van der Waals surface area contributed by atoms with Crippen LogP contribution in [0.25, 0.3) is 6.08 Å². The number of aliphatic imine (C=N–C) groups is 1. The van der Waals surface area contributed by atoms with E-state index in [1.54, 1.807) is 30.3 Å². The Morgan fingerprint density at radius 2 is 2.03 bits per heavy atom. The van der Waals surface area contributed by atoms with Crippen LogP contribution in [0.3, 0.4) is 0 Å². The normalized spacial score (nSPS) is 14.7. The summed E-state index contributed by atoms with van der Waals surface area (Å²) in [7, 11) is 1.47. The Morgan fingerprint density at radius 3 is 2.69 bits per heavy atom. The average molecular weight is 435 g/mol. The highest BCUT2D eigenvalue weighted by Crippen LogP contribution is 2.38. The number of nitrogens with one attached hydrogen (secondary N) is 1. The molecule has 2 aromatic rings. The van der Waals surface area contributed by atoms with Crippen molar-refractivity contribution in [2.45, 2.75) is 13.5 Å². The molecule has 0 saturated carbocycles. The van der Waals surface area contributed by atoms with Crippen molar-refractivity contribution in [3.05, 3.63) is 63.3 Å². The summed E-state index contributed by atoms with van der Waals surface area (Å²) in [5.74, 6) is -0.374. The first-order valence-electron chi connectivity index (χ1n) is 8.40. The zero-order valence-corrected chi connectivity index (χ0v) is 17.1. The van der Waals surface area contributed by atoms with E-state index in [-0.39, 0.29) is 28.5 Å². The van der Waals surface area contributed by atoms with Gasteiger partial charge in [-0.1, -0.05) is 23.7 Å². The molecule has 0 aliphatic carbocycles. The molecule has 0 unspecified atom stereocenters. The van der Waals surface area contributed by atoms with E-state index in [0.29, 0.717) is 22.0 Å². The van der Waals surface area contributed by atoms with Crippen LogP contribution in [-0.4, -0.2) is 24.1 Å². The maximum absolute atomic E-state index is 13.0. The average Bonchev–Trinajstić information content (AvgIpc) is 2.99. The molecule has 6 nitrogen and oxygen atoms in total. The lowest BCUT2D eigenvalue weighted by atomic mass is 10.1. The van der Waals surface area contributed by atoms with E-state index in [2.05, 4.69) is 10.3 Å². The molecule has 1 aliphatic rings.